The number of hydrogen-bond donors (Lipinski definition) is 0. The second-order valence-corrected chi connectivity index (χ2v) is 5.63. The topological polar surface area (TPSA) is 49.7 Å². The van der Waals surface area contributed by atoms with Gasteiger partial charge in [-0.25, -0.2) is 0 Å². The average Bonchev–Trinajstić information content (AvgIpc) is 2.84. The van der Waals surface area contributed by atoms with Crippen LogP contribution in [0.3, 0.4) is 0 Å². The molecule has 20 heavy (non-hydrogen) atoms. The van der Waals surface area contributed by atoms with Gasteiger partial charge in [0.2, 0.25) is 11.6 Å². The first-order chi connectivity index (χ1) is 9.27. The minimum absolute atomic E-state index is 0. The molecule has 0 atom stereocenters. The highest BCUT2D eigenvalue weighted by Gasteiger charge is 2.42. The van der Waals surface area contributed by atoms with Gasteiger partial charge in [-0.1, -0.05) is 24.3 Å². The zero-order valence-electron chi connectivity index (χ0n) is 10.5. The number of rotatable bonds is 0. The predicted octanol–water partition coefficient (Wildman–Crippen LogP) is 2.51. The molecule has 4 rings (SSSR count). The fourth-order valence-corrected chi connectivity index (χ4v) is 3.78. The summed E-state index contributed by atoms with van der Waals surface area (Å²) in [6, 6.07) is 7.03. The zero-order valence-corrected chi connectivity index (χ0v) is 12.1. The van der Waals surface area contributed by atoms with Crippen LogP contribution in [0.1, 0.15) is 27.1 Å². The van der Waals surface area contributed by atoms with E-state index in [-0.39, 0.29) is 24.0 Å². The number of allylic oxidation sites excluding steroid dienone is 2. The number of aliphatic imine (C=N–C) groups is 1. The average molecular weight is 307 g/mol. The van der Waals surface area contributed by atoms with E-state index in [1.807, 2.05) is 4.90 Å². The third-order valence-electron chi connectivity index (χ3n) is 3.53. The van der Waals surface area contributed by atoms with E-state index >= 15 is 0 Å². The molecular formula is C14H11ClN2O2S. The van der Waals surface area contributed by atoms with Crippen LogP contribution in [0, 0.1) is 0 Å². The number of Topliss-reactive ketones (excluding diaryl/α,β-unsaturated/α-hetero) is 2. The Hall–Kier alpha value is -1.59. The summed E-state index contributed by atoms with van der Waals surface area (Å²) in [5.41, 5.74) is 1.56. The maximum absolute atomic E-state index is 12.6. The summed E-state index contributed by atoms with van der Waals surface area (Å²) < 4.78 is 0. The van der Waals surface area contributed by atoms with Gasteiger partial charge in [0, 0.05) is 24.2 Å². The molecular weight excluding hydrogens is 296 g/mol. The van der Waals surface area contributed by atoms with Crippen molar-refractivity contribution in [3.63, 3.8) is 0 Å². The molecule has 0 unspecified atom stereocenters. The highest BCUT2D eigenvalue weighted by molar-refractivity contribution is 8.18. The lowest BCUT2D eigenvalue weighted by Crippen LogP contribution is -2.34. The van der Waals surface area contributed by atoms with E-state index in [0.29, 0.717) is 21.7 Å². The molecule has 0 amide bonds. The number of halogens is 1. The predicted molar refractivity (Wildman–Crippen MR) is 80.6 cm³/mol. The Bertz CT molecular complexity index is 696. The van der Waals surface area contributed by atoms with E-state index in [1.165, 1.54) is 11.8 Å². The summed E-state index contributed by atoms with van der Waals surface area (Å²) in [7, 11) is 0. The van der Waals surface area contributed by atoms with Gasteiger partial charge in [0.1, 0.15) is 5.70 Å². The summed E-state index contributed by atoms with van der Waals surface area (Å²) in [6.07, 6.45) is 0.921. The number of ketones is 2. The van der Waals surface area contributed by atoms with Crippen molar-refractivity contribution in [3.05, 3.63) is 46.0 Å². The first-order valence-corrected chi connectivity index (χ1v) is 7.01. The van der Waals surface area contributed by atoms with Crippen molar-refractivity contribution >= 4 is 40.9 Å². The zero-order chi connectivity index (χ0) is 13.0. The number of fused-ring (bicyclic) bond motifs is 3. The van der Waals surface area contributed by atoms with Gasteiger partial charge in [-0.2, -0.15) is 0 Å². The fraction of sp³-hybridized carbons (Fsp3) is 0.214. The van der Waals surface area contributed by atoms with Gasteiger partial charge in [-0.3, -0.25) is 14.6 Å². The number of carbonyl (C=O) groups is 2. The monoisotopic (exact) mass is 306 g/mol. The van der Waals surface area contributed by atoms with Crippen molar-refractivity contribution in [2.75, 3.05) is 13.1 Å². The molecule has 1 aromatic rings. The first-order valence-electron chi connectivity index (χ1n) is 6.20. The van der Waals surface area contributed by atoms with E-state index < -0.39 is 0 Å². The molecule has 0 bridgehead atoms. The molecule has 102 valence electrons. The van der Waals surface area contributed by atoms with Crippen LogP contribution in [0.2, 0.25) is 0 Å². The van der Waals surface area contributed by atoms with Gasteiger partial charge in [0.05, 0.1) is 4.91 Å². The molecule has 4 nitrogen and oxygen atoms in total. The molecule has 0 radical (unpaired) electrons. The van der Waals surface area contributed by atoms with Crippen LogP contribution in [0.15, 0.2) is 39.9 Å². The number of amidine groups is 1. The number of benzene rings is 1. The number of thioether (sulfide) groups is 1. The second-order valence-electron chi connectivity index (χ2n) is 4.65. The minimum atomic E-state index is -0.0511. The summed E-state index contributed by atoms with van der Waals surface area (Å²) in [5, 5.41) is 0.797. The third kappa shape index (κ3) is 1.66. The van der Waals surface area contributed by atoms with Crippen LogP contribution < -0.4 is 0 Å². The molecule has 1 aromatic carbocycles. The Morgan fingerprint density at radius 3 is 2.55 bits per heavy atom. The molecule has 0 N–H and O–H groups in total. The van der Waals surface area contributed by atoms with Crippen molar-refractivity contribution in [2.45, 2.75) is 6.42 Å². The van der Waals surface area contributed by atoms with Gasteiger partial charge >= 0.3 is 0 Å². The molecule has 6 heteroatoms. The maximum Gasteiger partial charge on any atom is 0.211 e. The highest BCUT2D eigenvalue weighted by Crippen LogP contribution is 2.42. The van der Waals surface area contributed by atoms with Gasteiger partial charge in [0.15, 0.2) is 5.17 Å². The van der Waals surface area contributed by atoms with E-state index in [0.717, 1.165) is 24.7 Å². The Balaban J connectivity index is 0.00000121. The second kappa shape index (κ2) is 4.75. The van der Waals surface area contributed by atoms with E-state index in [2.05, 4.69) is 4.99 Å². The van der Waals surface area contributed by atoms with Crippen LogP contribution in [0.25, 0.3) is 0 Å². The largest absolute Gasteiger partial charge is 0.316 e. The molecule has 2 heterocycles. The molecule has 3 aliphatic rings. The van der Waals surface area contributed by atoms with Gasteiger partial charge in [-0.05, 0) is 18.2 Å². The molecule has 0 aromatic heterocycles. The lowest BCUT2D eigenvalue weighted by Gasteiger charge is -2.25. The standard InChI is InChI=1S/C14H10N2O2S.ClH/c17-11-8-4-1-2-5-9(8)12(18)13-10(11)16-7-3-6-15-14(16)19-13;/h1-2,4-5H,3,6-7H2;1H. The van der Waals surface area contributed by atoms with Gasteiger partial charge in [0.25, 0.3) is 0 Å². The van der Waals surface area contributed by atoms with Crippen LogP contribution >= 0.6 is 24.2 Å². The molecule has 0 saturated heterocycles. The number of nitrogens with zero attached hydrogens (tertiary/aromatic N) is 2. The van der Waals surface area contributed by atoms with Gasteiger partial charge < -0.3 is 4.90 Å². The molecule has 2 aliphatic heterocycles. The minimum Gasteiger partial charge on any atom is -0.316 e. The smallest absolute Gasteiger partial charge is 0.211 e. The normalized spacial score (nSPS) is 20.0. The third-order valence-corrected chi connectivity index (χ3v) is 4.65. The Kier molecular flexibility index (Phi) is 3.18. The van der Waals surface area contributed by atoms with E-state index in [4.69, 9.17) is 0 Å². The molecule has 1 aliphatic carbocycles. The Morgan fingerprint density at radius 2 is 1.80 bits per heavy atom. The van der Waals surface area contributed by atoms with Crippen molar-refractivity contribution in [3.8, 4) is 0 Å². The van der Waals surface area contributed by atoms with E-state index in [1.54, 1.807) is 24.3 Å². The van der Waals surface area contributed by atoms with Crippen molar-refractivity contribution in [1.29, 1.82) is 0 Å². The summed E-state index contributed by atoms with van der Waals surface area (Å²) in [5.74, 6) is -0.0999. The van der Waals surface area contributed by atoms with Crippen molar-refractivity contribution in [2.24, 2.45) is 4.99 Å². The lowest BCUT2D eigenvalue weighted by atomic mass is 9.92. The lowest BCUT2D eigenvalue weighted by molar-refractivity contribution is 0.0964. The summed E-state index contributed by atoms with van der Waals surface area (Å²) >= 11 is 1.34. The first kappa shape index (κ1) is 13.4. The van der Waals surface area contributed by atoms with Crippen LogP contribution in [0.4, 0.5) is 0 Å². The van der Waals surface area contributed by atoms with Crippen LogP contribution in [-0.4, -0.2) is 34.7 Å². The Labute approximate surface area is 126 Å². The molecule has 0 saturated carbocycles. The summed E-state index contributed by atoms with van der Waals surface area (Å²) in [4.78, 5) is 31.9. The van der Waals surface area contributed by atoms with Crippen molar-refractivity contribution in [1.82, 2.24) is 4.90 Å². The SMILES string of the molecule is Cl.O=C1C2=C(C(=O)c3ccccc31)N1CCCN=C1S2. The van der Waals surface area contributed by atoms with Crippen LogP contribution in [-0.2, 0) is 0 Å². The fourth-order valence-electron chi connectivity index (χ4n) is 2.65. The molecule has 0 spiro atoms. The Morgan fingerprint density at radius 1 is 1.10 bits per heavy atom. The van der Waals surface area contributed by atoms with Gasteiger partial charge in [-0.15, -0.1) is 12.4 Å². The maximum atomic E-state index is 12.6. The van der Waals surface area contributed by atoms with E-state index in [9.17, 15) is 9.59 Å². The molecule has 0 fully saturated rings. The quantitative estimate of drug-likeness (QED) is 0.739. The highest BCUT2D eigenvalue weighted by atomic mass is 35.5. The number of carbonyl (C=O) groups excluding carboxylic acids is 2. The number of hydrogen-bond acceptors (Lipinski definition) is 5. The summed E-state index contributed by atoms with van der Waals surface area (Å²) in [6.45, 7) is 1.54. The van der Waals surface area contributed by atoms with Crippen molar-refractivity contribution < 1.29 is 9.59 Å². The van der Waals surface area contributed by atoms with Crippen LogP contribution in [0.5, 0.6) is 0 Å².